The number of hydrogen-bond acceptors (Lipinski definition) is 13. The summed E-state index contributed by atoms with van der Waals surface area (Å²) >= 11 is 0. The Bertz CT molecular complexity index is 1640. The molecule has 0 spiro atoms. The molecule has 12 atom stereocenters. The first kappa shape index (κ1) is 77.8. The monoisotopic (exact) mass is 1190 g/mol. The normalized spacial score (nSPS) is 24.0. The third-order valence-electron chi connectivity index (χ3n) is 16.7. The van der Waals surface area contributed by atoms with Gasteiger partial charge in [0, 0.05) is 6.42 Å². The van der Waals surface area contributed by atoms with Crippen molar-refractivity contribution in [1.82, 2.24) is 5.32 Å². The van der Waals surface area contributed by atoms with Crippen LogP contribution in [0, 0.1) is 0 Å². The average Bonchev–Trinajstić information content (AvgIpc) is 3.18. The number of hydrogen-bond donors (Lipinski definition) is 9. The molecular weight excluding hydrogens is 1060 g/mol. The van der Waals surface area contributed by atoms with Gasteiger partial charge in [-0.15, -0.1) is 0 Å². The molecule has 14 heteroatoms. The number of carbonyl (C=O) groups excluding carboxylic acids is 1. The fourth-order valence-electron chi connectivity index (χ4n) is 11.1. The van der Waals surface area contributed by atoms with Crippen LogP contribution in [0.15, 0.2) is 60.8 Å². The van der Waals surface area contributed by atoms with E-state index in [0.29, 0.717) is 12.8 Å². The average molecular weight is 1190 g/mol. The summed E-state index contributed by atoms with van der Waals surface area (Å²) in [5, 5.41) is 87.3. The highest BCUT2D eigenvalue weighted by Gasteiger charge is 2.51. The molecule has 12 unspecified atom stereocenters. The molecule has 0 aliphatic carbocycles. The van der Waals surface area contributed by atoms with Crippen molar-refractivity contribution < 1.29 is 64.6 Å². The van der Waals surface area contributed by atoms with Crippen molar-refractivity contribution in [2.45, 2.75) is 357 Å². The summed E-state index contributed by atoms with van der Waals surface area (Å²) in [7, 11) is 0. The smallest absolute Gasteiger partial charge is 0.220 e. The predicted octanol–water partition coefficient (Wildman–Crippen LogP) is 13.7. The molecule has 84 heavy (non-hydrogen) atoms. The van der Waals surface area contributed by atoms with Gasteiger partial charge in [0.25, 0.3) is 0 Å². The quantitative estimate of drug-likeness (QED) is 0.0204. The maximum atomic E-state index is 13.3. The largest absolute Gasteiger partial charge is 0.394 e. The van der Waals surface area contributed by atoms with Crippen LogP contribution >= 0.6 is 0 Å². The molecule has 0 saturated carbocycles. The van der Waals surface area contributed by atoms with Crippen LogP contribution in [0.25, 0.3) is 0 Å². The van der Waals surface area contributed by atoms with Crippen LogP contribution in [-0.4, -0.2) is 140 Å². The summed E-state index contributed by atoms with van der Waals surface area (Å²) in [6, 6.07) is -0.943. The zero-order valence-electron chi connectivity index (χ0n) is 53.1. The highest BCUT2D eigenvalue weighted by Crippen LogP contribution is 2.30. The standard InChI is InChI=1S/C70H127NO13/c1-3-5-7-9-11-13-15-17-19-21-23-25-26-27-28-29-30-31-32-34-35-37-39-41-43-45-47-49-51-53-59(74)58(57-81-69-67(80)65(78)68(61(56-73)83-69)84-70-66(79)64(77)63(76)60(55-72)82-70)71-62(75)54-52-50-48-46-44-42-40-38-36-33-24-22-20-18-16-14-12-10-8-6-4-2/h16,18,22,24,36,38,43,45,51,53,58-61,63-70,72-74,76-80H,3-15,17,19-21,23,25-35,37,39-42,44,46-50,52,54-57H2,1-2H3,(H,71,75)/b18-16-,24-22-,38-36-,45-43+,53-51+. The van der Waals surface area contributed by atoms with Crippen molar-refractivity contribution in [3.05, 3.63) is 60.8 Å². The Morgan fingerprint density at radius 2 is 0.798 bits per heavy atom. The number of amides is 1. The Morgan fingerprint density at radius 1 is 0.429 bits per heavy atom. The van der Waals surface area contributed by atoms with Gasteiger partial charge in [-0.25, -0.2) is 0 Å². The van der Waals surface area contributed by atoms with Gasteiger partial charge in [-0.1, -0.05) is 267 Å². The molecule has 0 aromatic carbocycles. The minimum atomic E-state index is -1.80. The lowest BCUT2D eigenvalue weighted by Gasteiger charge is -2.46. The number of aliphatic hydroxyl groups excluding tert-OH is 8. The highest BCUT2D eigenvalue weighted by atomic mass is 16.7. The van der Waals surface area contributed by atoms with E-state index in [1.165, 1.54) is 186 Å². The van der Waals surface area contributed by atoms with Gasteiger partial charge in [0.1, 0.15) is 48.8 Å². The van der Waals surface area contributed by atoms with Crippen LogP contribution in [0.1, 0.15) is 284 Å². The van der Waals surface area contributed by atoms with Crippen LogP contribution in [0.3, 0.4) is 0 Å². The fraction of sp³-hybridized carbons (Fsp3) is 0.843. The van der Waals surface area contributed by atoms with Crippen molar-refractivity contribution in [2.24, 2.45) is 0 Å². The van der Waals surface area contributed by atoms with Crippen LogP contribution in [0.5, 0.6) is 0 Å². The molecule has 0 bridgehead atoms. The molecule has 0 radical (unpaired) electrons. The second-order valence-corrected chi connectivity index (χ2v) is 24.3. The number of allylic oxidation sites excluding steroid dienone is 9. The minimum absolute atomic E-state index is 0.257. The van der Waals surface area contributed by atoms with Crippen LogP contribution in [-0.2, 0) is 23.7 Å². The number of unbranched alkanes of at least 4 members (excludes halogenated alkanes) is 35. The summed E-state index contributed by atoms with van der Waals surface area (Å²) < 4.78 is 22.8. The molecule has 9 N–H and O–H groups in total. The number of aliphatic hydroxyl groups is 8. The Hall–Kier alpha value is -2.31. The van der Waals surface area contributed by atoms with Gasteiger partial charge in [-0.2, -0.15) is 0 Å². The lowest BCUT2D eigenvalue weighted by Crippen LogP contribution is -2.65. The highest BCUT2D eigenvalue weighted by molar-refractivity contribution is 5.76. The molecule has 0 aromatic rings. The molecule has 2 heterocycles. The minimum Gasteiger partial charge on any atom is -0.394 e. The number of ether oxygens (including phenoxy) is 4. The summed E-state index contributed by atoms with van der Waals surface area (Å²) in [5.41, 5.74) is 0. The van der Waals surface area contributed by atoms with Gasteiger partial charge in [-0.3, -0.25) is 4.79 Å². The van der Waals surface area contributed by atoms with Crippen LogP contribution < -0.4 is 5.32 Å². The maximum absolute atomic E-state index is 13.3. The van der Waals surface area contributed by atoms with Crippen LogP contribution in [0.2, 0.25) is 0 Å². The summed E-state index contributed by atoms with van der Waals surface area (Å²) in [6.07, 6.45) is 55.6. The van der Waals surface area contributed by atoms with Gasteiger partial charge in [-0.05, 0) is 70.6 Å². The first-order valence-corrected chi connectivity index (χ1v) is 34.5. The van der Waals surface area contributed by atoms with Gasteiger partial charge < -0.3 is 65.1 Å². The Morgan fingerprint density at radius 3 is 1.25 bits per heavy atom. The van der Waals surface area contributed by atoms with E-state index in [-0.39, 0.29) is 18.9 Å². The molecule has 2 fully saturated rings. The molecular formula is C70H127NO13. The van der Waals surface area contributed by atoms with Gasteiger partial charge in [0.05, 0.1) is 32.0 Å². The van der Waals surface area contributed by atoms with Gasteiger partial charge in [0.2, 0.25) is 5.91 Å². The molecule has 2 saturated heterocycles. The van der Waals surface area contributed by atoms with Crippen molar-refractivity contribution in [2.75, 3.05) is 19.8 Å². The third-order valence-corrected chi connectivity index (χ3v) is 16.7. The van der Waals surface area contributed by atoms with Gasteiger partial charge in [0.15, 0.2) is 12.6 Å². The van der Waals surface area contributed by atoms with Crippen molar-refractivity contribution in [1.29, 1.82) is 0 Å². The van der Waals surface area contributed by atoms with Crippen molar-refractivity contribution in [3.8, 4) is 0 Å². The van der Waals surface area contributed by atoms with E-state index < -0.39 is 86.8 Å². The zero-order chi connectivity index (χ0) is 60.9. The molecule has 2 rings (SSSR count). The molecule has 2 aliphatic rings. The molecule has 14 nitrogen and oxygen atoms in total. The van der Waals surface area contributed by atoms with Crippen LogP contribution in [0.4, 0.5) is 0 Å². The molecule has 490 valence electrons. The summed E-state index contributed by atoms with van der Waals surface area (Å²) in [5.74, 6) is -0.260. The van der Waals surface area contributed by atoms with Gasteiger partial charge >= 0.3 is 0 Å². The lowest BCUT2D eigenvalue weighted by molar-refractivity contribution is -0.359. The number of rotatable bonds is 56. The second-order valence-electron chi connectivity index (χ2n) is 24.3. The van der Waals surface area contributed by atoms with Crippen molar-refractivity contribution in [3.63, 3.8) is 0 Å². The topological polar surface area (TPSA) is 228 Å². The Kier molecular flexibility index (Phi) is 50.8. The van der Waals surface area contributed by atoms with Crippen molar-refractivity contribution >= 4 is 5.91 Å². The first-order chi connectivity index (χ1) is 41.1. The number of carbonyl (C=O) groups is 1. The lowest BCUT2D eigenvalue weighted by atomic mass is 9.97. The summed E-state index contributed by atoms with van der Waals surface area (Å²) in [6.45, 7) is 2.79. The van der Waals surface area contributed by atoms with E-state index in [0.717, 1.165) is 64.2 Å². The van der Waals surface area contributed by atoms with E-state index in [9.17, 15) is 45.6 Å². The van der Waals surface area contributed by atoms with E-state index in [1.54, 1.807) is 6.08 Å². The van der Waals surface area contributed by atoms with E-state index in [1.807, 2.05) is 6.08 Å². The maximum Gasteiger partial charge on any atom is 0.220 e. The molecule has 2 aliphatic heterocycles. The molecule has 1 amide bonds. The van der Waals surface area contributed by atoms with E-state index in [4.69, 9.17) is 18.9 Å². The Labute approximate surface area is 511 Å². The zero-order valence-corrected chi connectivity index (χ0v) is 53.1. The third kappa shape index (κ3) is 38.9. The predicted molar refractivity (Wildman–Crippen MR) is 341 cm³/mol. The fourth-order valence-corrected chi connectivity index (χ4v) is 11.1. The number of nitrogens with one attached hydrogen (secondary N) is 1. The van der Waals surface area contributed by atoms with E-state index in [2.05, 4.69) is 67.8 Å². The SMILES string of the molecule is CCCCCCC/C=C\C/C=C\C/C=C\CCCCCCCCC(=O)NC(COC1OC(CO)C(OC2OC(CO)C(O)C(O)C2O)C(O)C1O)C(O)/C=C/CC/C=C/CCCCCCCCCCCCCCCCCCCCCCCCC. The summed E-state index contributed by atoms with van der Waals surface area (Å²) in [4.78, 5) is 13.3. The van der Waals surface area contributed by atoms with E-state index >= 15 is 0 Å². The first-order valence-electron chi connectivity index (χ1n) is 34.5. The second kappa shape index (κ2) is 54.8. The Balaban J connectivity index is 1.71. The molecule has 0 aromatic heterocycles.